The average molecular weight is 291 g/mol. The third-order valence-electron chi connectivity index (χ3n) is 3.74. The molecule has 1 N–H and O–H groups in total. The first-order chi connectivity index (χ1) is 9.68. The van der Waals surface area contributed by atoms with Crippen molar-refractivity contribution in [3.8, 4) is 0 Å². The van der Waals surface area contributed by atoms with E-state index in [0.29, 0.717) is 15.9 Å². The Kier molecular flexibility index (Phi) is 3.49. The van der Waals surface area contributed by atoms with Crippen LogP contribution < -0.4 is 5.43 Å². The van der Waals surface area contributed by atoms with Gasteiger partial charge in [-0.3, -0.25) is 9.59 Å². The number of amides is 1. The Bertz CT molecular complexity index is 717. The number of carbonyl (C=O) groups excluding carboxylic acids is 1. The van der Waals surface area contributed by atoms with E-state index >= 15 is 0 Å². The highest BCUT2D eigenvalue weighted by atomic mass is 35.5. The summed E-state index contributed by atoms with van der Waals surface area (Å²) in [6.07, 6.45) is 4.63. The monoisotopic (exact) mass is 290 g/mol. The molecule has 3 rings (SSSR count). The minimum Gasteiger partial charge on any atom is -0.359 e. The van der Waals surface area contributed by atoms with Crippen molar-refractivity contribution < 1.29 is 4.79 Å². The number of benzene rings is 1. The van der Waals surface area contributed by atoms with Gasteiger partial charge in [0.25, 0.3) is 5.91 Å². The van der Waals surface area contributed by atoms with Gasteiger partial charge in [0.15, 0.2) is 0 Å². The number of para-hydroxylation sites is 1. The van der Waals surface area contributed by atoms with Crippen LogP contribution in [-0.4, -0.2) is 28.9 Å². The second-order valence-electron chi connectivity index (χ2n) is 5.05. The number of aromatic nitrogens is 1. The summed E-state index contributed by atoms with van der Waals surface area (Å²) in [5.41, 5.74) is 0.521. The third-order valence-corrected chi connectivity index (χ3v) is 4.05. The lowest BCUT2D eigenvalue weighted by Gasteiger charge is -2.26. The van der Waals surface area contributed by atoms with Crippen LogP contribution in [0.4, 0.5) is 0 Å². The summed E-state index contributed by atoms with van der Waals surface area (Å²) >= 11 is 6.04. The SMILES string of the molecule is O=C(c1c[nH]c2c(Cl)cccc2c1=O)N1CCCCC1. The zero-order chi connectivity index (χ0) is 14.1. The van der Waals surface area contributed by atoms with Gasteiger partial charge in [0.05, 0.1) is 10.5 Å². The summed E-state index contributed by atoms with van der Waals surface area (Å²) < 4.78 is 0. The summed E-state index contributed by atoms with van der Waals surface area (Å²) in [6, 6.07) is 5.12. The molecule has 1 aliphatic heterocycles. The number of nitrogens with zero attached hydrogens (tertiary/aromatic N) is 1. The highest BCUT2D eigenvalue weighted by Gasteiger charge is 2.21. The molecule has 2 heterocycles. The molecule has 1 aromatic carbocycles. The molecule has 0 bridgehead atoms. The summed E-state index contributed by atoms with van der Waals surface area (Å²) in [7, 11) is 0. The molecule has 0 atom stereocenters. The second-order valence-corrected chi connectivity index (χ2v) is 5.45. The van der Waals surface area contributed by atoms with Crippen LogP contribution in [0.1, 0.15) is 29.6 Å². The van der Waals surface area contributed by atoms with E-state index in [4.69, 9.17) is 11.6 Å². The number of piperidine rings is 1. The fraction of sp³-hybridized carbons (Fsp3) is 0.333. The maximum atomic E-state index is 12.4. The summed E-state index contributed by atoms with van der Waals surface area (Å²) in [4.78, 5) is 29.6. The van der Waals surface area contributed by atoms with Gasteiger partial charge < -0.3 is 9.88 Å². The molecular weight excluding hydrogens is 276 g/mol. The van der Waals surface area contributed by atoms with Crippen molar-refractivity contribution in [2.45, 2.75) is 19.3 Å². The van der Waals surface area contributed by atoms with E-state index in [1.807, 2.05) is 0 Å². The summed E-state index contributed by atoms with van der Waals surface area (Å²) in [5, 5.41) is 0.942. The molecule has 1 amide bonds. The average Bonchev–Trinajstić information content (AvgIpc) is 2.49. The highest BCUT2D eigenvalue weighted by molar-refractivity contribution is 6.35. The van der Waals surface area contributed by atoms with E-state index in [0.717, 1.165) is 32.4 Å². The molecule has 1 aliphatic rings. The Morgan fingerprint density at radius 2 is 1.95 bits per heavy atom. The van der Waals surface area contributed by atoms with Crippen molar-refractivity contribution in [1.29, 1.82) is 0 Å². The van der Waals surface area contributed by atoms with Crippen molar-refractivity contribution in [2.24, 2.45) is 0 Å². The van der Waals surface area contributed by atoms with Gasteiger partial charge in [-0.05, 0) is 31.4 Å². The molecule has 1 saturated heterocycles. The number of pyridine rings is 1. The van der Waals surface area contributed by atoms with Crippen molar-refractivity contribution >= 4 is 28.4 Å². The van der Waals surface area contributed by atoms with Gasteiger partial charge in [0.2, 0.25) is 5.43 Å². The number of hydrogen-bond donors (Lipinski definition) is 1. The number of aromatic amines is 1. The number of fused-ring (bicyclic) bond motifs is 1. The van der Waals surface area contributed by atoms with Gasteiger partial charge in [-0.2, -0.15) is 0 Å². The predicted octanol–water partition coefficient (Wildman–Crippen LogP) is 2.81. The van der Waals surface area contributed by atoms with Crippen molar-refractivity contribution in [3.05, 3.63) is 45.2 Å². The van der Waals surface area contributed by atoms with Crippen LogP contribution in [-0.2, 0) is 0 Å². The predicted molar refractivity (Wildman–Crippen MR) is 79.3 cm³/mol. The molecular formula is C15H15ClN2O2. The van der Waals surface area contributed by atoms with Crippen LogP contribution in [0.3, 0.4) is 0 Å². The number of hydrogen-bond acceptors (Lipinski definition) is 2. The summed E-state index contributed by atoms with van der Waals surface area (Å²) in [6.45, 7) is 1.46. The smallest absolute Gasteiger partial charge is 0.259 e. The van der Waals surface area contributed by atoms with Gasteiger partial charge in [-0.25, -0.2) is 0 Å². The molecule has 5 heteroatoms. The molecule has 104 valence electrons. The molecule has 20 heavy (non-hydrogen) atoms. The Morgan fingerprint density at radius 1 is 1.20 bits per heavy atom. The van der Waals surface area contributed by atoms with Crippen LogP contribution in [0.2, 0.25) is 5.02 Å². The van der Waals surface area contributed by atoms with Crippen molar-refractivity contribution in [2.75, 3.05) is 13.1 Å². The zero-order valence-electron chi connectivity index (χ0n) is 11.0. The molecule has 4 nitrogen and oxygen atoms in total. The first kappa shape index (κ1) is 13.2. The van der Waals surface area contributed by atoms with E-state index < -0.39 is 0 Å². The zero-order valence-corrected chi connectivity index (χ0v) is 11.7. The van der Waals surface area contributed by atoms with Crippen LogP contribution in [0.15, 0.2) is 29.2 Å². The standard InChI is InChI=1S/C15H15ClN2O2/c16-12-6-4-5-10-13(12)17-9-11(14(10)19)15(20)18-7-2-1-3-8-18/h4-6,9H,1-3,7-8H2,(H,17,19). The Balaban J connectivity index is 2.06. The van der Waals surface area contributed by atoms with Crippen LogP contribution in [0.25, 0.3) is 10.9 Å². The van der Waals surface area contributed by atoms with Gasteiger partial charge >= 0.3 is 0 Å². The normalized spacial score (nSPS) is 15.6. The fourth-order valence-corrected chi connectivity index (χ4v) is 2.87. The molecule has 0 saturated carbocycles. The van der Waals surface area contributed by atoms with Gasteiger partial charge in [-0.15, -0.1) is 0 Å². The van der Waals surface area contributed by atoms with E-state index in [1.54, 1.807) is 23.1 Å². The molecule has 0 spiro atoms. The van der Waals surface area contributed by atoms with Gasteiger partial charge in [-0.1, -0.05) is 17.7 Å². The molecule has 1 aromatic heterocycles. The van der Waals surface area contributed by atoms with Gasteiger partial charge in [0, 0.05) is 24.7 Å². The minimum atomic E-state index is -0.253. The first-order valence-corrected chi connectivity index (χ1v) is 7.15. The van der Waals surface area contributed by atoms with E-state index in [1.165, 1.54) is 6.20 Å². The summed E-state index contributed by atoms with van der Waals surface area (Å²) in [5.74, 6) is -0.187. The third kappa shape index (κ3) is 2.20. The maximum Gasteiger partial charge on any atom is 0.259 e. The number of nitrogens with one attached hydrogen (secondary N) is 1. The van der Waals surface area contributed by atoms with E-state index in [9.17, 15) is 9.59 Å². The maximum absolute atomic E-state index is 12.4. The quantitative estimate of drug-likeness (QED) is 0.878. The Morgan fingerprint density at radius 3 is 2.70 bits per heavy atom. The topological polar surface area (TPSA) is 53.2 Å². The number of rotatable bonds is 1. The molecule has 0 aliphatic carbocycles. The molecule has 0 radical (unpaired) electrons. The number of likely N-dealkylation sites (tertiary alicyclic amines) is 1. The van der Waals surface area contributed by atoms with Crippen LogP contribution >= 0.6 is 11.6 Å². The lowest BCUT2D eigenvalue weighted by Crippen LogP contribution is -2.38. The van der Waals surface area contributed by atoms with E-state index in [2.05, 4.69) is 4.98 Å². The van der Waals surface area contributed by atoms with Gasteiger partial charge in [0.1, 0.15) is 5.56 Å². The Hall–Kier alpha value is -1.81. The fourth-order valence-electron chi connectivity index (χ4n) is 2.64. The van der Waals surface area contributed by atoms with Crippen molar-refractivity contribution in [3.63, 3.8) is 0 Å². The lowest BCUT2D eigenvalue weighted by atomic mass is 10.1. The van der Waals surface area contributed by atoms with Crippen molar-refractivity contribution in [1.82, 2.24) is 9.88 Å². The molecule has 1 fully saturated rings. The number of H-pyrrole nitrogens is 1. The lowest BCUT2D eigenvalue weighted by molar-refractivity contribution is 0.0723. The number of carbonyl (C=O) groups is 1. The Labute approximate surface area is 121 Å². The largest absolute Gasteiger partial charge is 0.359 e. The number of halogens is 1. The van der Waals surface area contributed by atoms with Crippen LogP contribution in [0, 0.1) is 0 Å². The minimum absolute atomic E-state index is 0.187. The molecule has 2 aromatic rings. The van der Waals surface area contributed by atoms with Crippen LogP contribution in [0.5, 0.6) is 0 Å². The molecule has 0 unspecified atom stereocenters. The highest BCUT2D eigenvalue weighted by Crippen LogP contribution is 2.19. The second kappa shape index (κ2) is 5.29. The van der Waals surface area contributed by atoms with E-state index in [-0.39, 0.29) is 16.9 Å². The first-order valence-electron chi connectivity index (χ1n) is 6.77.